The molecule has 0 radical (unpaired) electrons. The fourth-order valence-corrected chi connectivity index (χ4v) is 6.12. The minimum Gasteiger partial charge on any atom is -0.350 e. The zero-order chi connectivity index (χ0) is 30.5. The average Bonchev–Trinajstić information content (AvgIpc) is 2.88. The summed E-state index contributed by atoms with van der Waals surface area (Å²) in [5, 5.41) is 3.89. The molecule has 0 spiro atoms. The van der Waals surface area contributed by atoms with Crippen LogP contribution in [0.3, 0.4) is 0 Å². The number of aryl methyl sites for hydroxylation is 1. The van der Waals surface area contributed by atoms with E-state index in [1.54, 1.807) is 55.5 Å². The third-order valence-corrected chi connectivity index (χ3v) is 8.97. The Hall–Kier alpha value is -2.78. The molecular formula is C30H34Cl3N3O4S. The molecule has 0 bridgehead atoms. The summed E-state index contributed by atoms with van der Waals surface area (Å²) in [5.74, 6) is -0.938. The summed E-state index contributed by atoms with van der Waals surface area (Å²) in [6.45, 7) is 8.60. The van der Waals surface area contributed by atoms with Crippen LogP contribution in [0.25, 0.3) is 0 Å². The number of nitrogens with zero attached hydrogens (tertiary/aromatic N) is 2. The first-order valence-electron chi connectivity index (χ1n) is 13.0. The number of amides is 2. The van der Waals surface area contributed by atoms with Crippen LogP contribution >= 0.6 is 34.8 Å². The van der Waals surface area contributed by atoms with Crippen LogP contribution in [0.4, 0.5) is 5.69 Å². The van der Waals surface area contributed by atoms with Gasteiger partial charge in [0.1, 0.15) is 12.6 Å². The van der Waals surface area contributed by atoms with Crippen LogP contribution < -0.4 is 9.62 Å². The van der Waals surface area contributed by atoms with Gasteiger partial charge in [0.05, 0.1) is 20.6 Å². The molecule has 0 heterocycles. The zero-order valence-corrected chi connectivity index (χ0v) is 26.7. The van der Waals surface area contributed by atoms with Gasteiger partial charge in [-0.2, -0.15) is 0 Å². The molecule has 0 aliphatic carbocycles. The molecular weight excluding hydrogens is 605 g/mol. The lowest BCUT2D eigenvalue weighted by Crippen LogP contribution is -2.55. The van der Waals surface area contributed by atoms with Crippen molar-refractivity contribution in [2.45, 2.75) is 64.1 Å². The standard InChI is InChI=1S/C30H34Cl3N3O4S/c1-6-27(29(38)34-30(3,4)5)35(18-21-12-15-25(32)26(33)16-21)28(37)19-36(23-9-7-8-22(31)17-23)41(39,40)24-13-10-20(2)11-14-24/h7-17,27H,6,18-19H2,1-5H3,(H,34,38)/t27-/m1/s1. The van der Waals surface area contributed by atoms with Crippen LogP contribution in [-0.2, 0) is 26.2 Å². The van der Waals surface area contributed by atoms with Crippen molar-refractivity contribution >= 4 is 62.3 Å². The number of nitrogens with one attached hydrogen (secondary N) is 1. The Morgan fingerprint density at radius 2 is 1.59 bits per heavy atom. The summed E-state index contributed by atoms with van der Waals surface area (Å²) in [6, 6.07) is 16.7. The Morgan fingerprint density at radius 3 is 2.15 bits per heavy atom. The first kappa shape index (κ1) is 32.7. The second kappa shape index (κ2) is 13.5. The van der Waals surface area contributed by atoms with Crippen molar-refractivity contribution in [1.29, 1.82) is 0 Å². The summed E-state index contributed by atoms with van der Waals surface area (Å²) in [5.41, 5.74) is 1.18. The minimum absolute atomic E-state index is 0.000241. The Balaban J connectivity index is 2.09. The second-order valence-corrected chi connectivity index (χ2v) is 13.9. The lowest BCUT2D eigenvalue weighted by atomic mass is 10.1. The lowest BCUT2D eigenvalue weighted by molar-refractivity contribution is -0.141. The molecule has 0 aromatic heterocycles. The van der Waals surface area contributed by atoms with Gasteiger partial charge in [-0.05, 0) is 82.1 Å². The smallest absolute Gasteiger partial charge is 0.264 e. The van der Waals surface area contributed by atoms with Gasteiger partial charge in [-0.15, -0.1) is 0 Å². The van der Waals surface area contributed by atoms with E-state index in [0.29, 0.717) is 20.6 Å². The van der Waals surface area contributed by atoms with Gasteiger partial charge in [0.15, 0.2) is 0 Å². The number of carbonyl (C=O) groups excluding carboxylic acids is 2. The highest BCUT2D eigenvalue weighted by molar-refractivity contribution is 7.92. The highest BCUT2D eigenvalue weighted by atomic mass is 35.5. The Bertz CT molecular complexity index is 1510. The van der Waals surface area contributed by atoms with Gasteiger partial charge in [-0.25, -0.2) is 8.42 Å². The van der Waals surface area contributed by atoms with Crippen molar-refractivity contribution in [2.75, 3.05) is 10.8 Å². The number of sulfonamides is 1. The Morgan fingerprint density at radius 1 is 0.927 bits per heavy atom. The van der Waals surface area contributed by atoms with Gasteiger partial charge in [-0.3, -0.25) is 13.9 Å². The summed E-state index contributed by atoms with van der Waals surface area (Å²) < 4.78 is 28.8. The van der Waals surface area contributed by atoms with Crippen LogP contribution in [0.1, 0.15) is 45.2 Å². The summed E-state index contributed by atoms with van der Waals surface area (Å²) in [4.78, 5) is 28.9. The van der Waals surface area contributed by atoms with E-state index in [4.69, 9.17) is 34.8 Å². The molecule has 0 unspecified atom stereocenters. The predicted molar refractivity (Wildman–Crippen MR) is 166 cm³/mol. The largest absolute Gasteiger partial charge is 0.350 e. The van der Waals surface area contributed by atoms with Crippen LogP contribution in [0.2, 0.25) is 15.1 Å². The second-order valence-electron chi connectivity index (χ2n) is 10.7. The molecule has 1 N–H and O–H groups in total. The van der Waals surface area contributed by atoms with E-state index in [1.165, 1.54) is 23.1 Å². The topological polar surface area (TPSA) is 86.8 Å². The molecule has 41 heavy (non-hydrogen) atoms. The Kier molecular flexibility index (Phi) is 10.7. The average molecular weight is 639 g/mol. The summed E-state index contributed by atoms with van der Waals surface area (Å²) >= 11 is 18.6. The van der Waals surface area contributed by atoms with E-state index in [9.17, 15) is 18.0 Å². The molecule has 3 aromatic carbocycles. The van der Waals surface area contributed by atoms with Crippen LogP contribution in [0.5, 0.6) is 0 Å². The normalized spacial score (nSPS) is 12.5. The van der Waals surface area contributed by atoms with Crippen molar-refractivity contribution in [3.63, 3.8) is 0 Å². The van der Waals surface area contributed by atoms with E-state index >= 15 is 0 Å². The molecule has 220 valence electrons. The van der Waals surface area contributed by atoms with E-state index in [0.717, 1.165) is 9.87 Å². The van der Waals surface area contributed by atoms with Crippen molar-refractivity contribution in [2.24, 2.45) is 0 Å². The number of hydrogen-bond acceptors (Lipinski definition) is 4. The fraction of sp³-hybridized carbons (Fsp3) is 0.333. The van der Waals surface area contributed by atoms with Gasteiger partial charge < -0.3 is 10.2 Å². The third kappa shape index (κ3) is 8.61. The monoisotopic (exact) mass is 637 g/mol. The van der Waals surface area contributed by atoms with Gasteiger partial charge in [-0.1, -0.05) is 71.6 Å². The molecule has 2 amide bonds. The number of hydrogen-bond donors (Lipinski definition) is 1. The SMILES string of the molecule is CC[C@H](C(=O)NC(C)(C)C)N(Cc1ccc(Cl)c(Cl)c1)C(=O)CN(c1cccc(Cl)c1)S(=O)(=O)c1ccc(C)cc1. The van der Waals surface area contributed by atoms with Gasteiger partial charge in [0.2, 0.25) is 11.8 Å². The maximum Gasteiger partial charge on any atom is 0.264 e. The highest BCUT2D eigenvalue weighted by Gasteiger charge is 2.34. The van der Waals surface area contributed by atoms with E-state index < -0.39 is 34.1 Å². The quantitative estimate of drug-likeness (QED) is 0.263. The molecule has 7 nitrogen and oxygen atoms in total. The van der Waals surface area contributed by atoms with Crippen LogP contribution in [0, 0.1) is 6.92 Å². The van der Waals surface area contributed by atoms with Gasteiger partial charge in [0.25, 0.3) is 10.0 Å². The van der Waals surface area contributed by atoms with Crippen LogP contribution in [0.15, 0.2) is 71.6 Å². The van der Waals surface area contributed by atoms with E-state index in [2.05, 4.69) is 5.32 Å². The maximum atomic E-state index is 14.1. The molecule has 11 heteroatoms. The van der Waals surface area contributed by atoms with Crippen molar-refractivity contribution in [3.05, 3.63) is 92.9 Å². The van der Waals surface area contributed by atoms with Crippen molar-refractivity contribution < 1.29 is 18.0 Å². The maximum absolute atomic E-state index is 14.1. The van der Waals surface area contributed by atoms with Crippen molar-refractivity contribution in [3.8, 4) is 0 Å². The van der Waals surface area contributed by atoms with Crippen molar-refractivity contribution in [1.82, 2.24) is 10.2 Å². The Labute approximate surface area is 257 Å². The molecule has 0 aliphatic heterocycles. The van der Waals surface area contributed by atoms with Gasteiger partial charge >= 0.3 is 0 Å². The molecule has 0 fully saturated rings. The number of benzene rings is 3. The lowest BCUT2D eigenvalue weighted by Gasteiger charge is -2.34. The van der Waals surface area contributed by atoms with Crippen LogP contribution in [-0.4, -0.2) is 43.3 Å². The number of anilines is 1. The molecule has 3 rings (SSSR count). The number of halogens is 3. The molecule has 3 aromatic rings. The van der Waals surface area contributed by atoms with E-state index in [-0.39, 0.29) is 29.5 Å². The third-order valence-electron chi connectivity index (χ3n) is 6.21. The highest BCUT2D eigenvalue weighted by Crippen LogP contribution is 2.28. The number of rotatable bonds is 10. The van der Waals surface area contributed by atoms with Gasteiger partial charge in [0, 0.05) is 17.1 Å². The van der Waals surface area contributed by atoms with E-state index in [1.807, 2.05) is 27.7 Å². The molecule has 0 saturated heterocycles. The molecule has 0 saturated carbocycles. The zero-order valence-electron chi connectivity index (χ0n) is 23.6. The summed E-state index contributed by atoms with van der Waals surface area (Å²) in [7, 11) is -4.19. The first-order chi connectivity index (χ1) is 19.1. The molecule has 0 aliphatic rings. The minimum atomic E-state index is -4.19. The predicted octanol–water partition coefficient (Wildman–Crippen LogP) is 6.87. The fourth-order valence-electron chi connectivity index (χ4n) is 4.20. The number of carbonyl (C=O) groups is 2. The first-order valence-corrected chi connectivity index (χ1v) is 15.6. The summed E-state index contributed by atoms with van der Waals surface area (Å²) in [6.07, 6.45) is 0.289. The molecule has 1 atom stereocenters.